The van der Waals surface area contributed by atoms with Crippen LogP contribution in [0.15, 0.2) is 66.7 Å². The Bertz CT molecular complexity index is 1030. The Hall–Kier alpha value is -2.85. The van der Waals surface area contributed by atoms with Crippen LogP contribution >= 0.6 is 0 Å². The second kappa shape index (κ2) is 9.11. The summed E-state index contributed by atoms with van der Waals surface area (Å²) < 4.78 is 5.91. The maximum Gasteiger partial charge on any atom is 0.255 e. The molecule has 160 valence electrons. The van der Waals surface area contributed by atoms with Crippen LogP contribution < -0.4 is 10.1 Å². The molecule has 1 N–H and O–H groups in total. The first-order chi connectivity index (χ1) is 15.2. The SMILES string of the molecule is O=C(Nc1ccc(OCCCN2CC3CCCC3C2)cc1)c1ccc2ccccc2c1. The fourth-order valence-corrected chi connectivity index (χ4v) is 5.16. The number of likely N-dealkylation sites (tertiary alicyclic amines) is 1. The number of carbonyl (C=O) groups excluding carboxylic acids is 1. The van der Waals surface area contributed by atoms with Gasteiger partial charge in [0.05, 0.1) is 6.61 Å². The second-order valence-electron chi connectivity index (χ2n) is 8.95. The summed E-state index contributed by atoms with van der Waals surface area (Å²) in [6.45, 7) is 4.44. The van der Waals surface area contributed by atoms with Crippen molar-refractivity contribution in [3.63, 3.8) is 0 Å². The lowest BCUT2D eigenvalue weighted by Crippen LogP contribution is -2.24. The van der Waals surface area contributed by atoms with Crippen molar-refractivity contribution in [1.29, 1.82) is 0 Å². The minimum atomic E-state index is -0.102. The zero-order chi connectivity index (χ0) is 21.0. The van der Waals surface area contributed by atoms with Crippen molar-refractivity contribution in [2.75, 3.05) is 31.6 Å². The van der Waals surface area contributed by atoms with E-state index < -0.39 is 0 Å². The summed E-state index contributed by atoms with van der Waals surface area (Å²) in [4.78, 5) is 15.2. The number of fused-ring (bicyclic) bond motifs is 2. The van der Waals surface area contributed by atoms with Gasteiger partial charge >= 0.3 is 0 Å². The van der Waals surface area contributed by atoms with Crippen molar-refractivity contribution < 1.29 is 9.53 Å². The van der Waals surface area contributed by atoms with Gasteiger partial charge in [-0.2, -0.15) is 0 Å². The lowest BCUT2D eigenvalue weighted by atomic mass is 10.0. The van der Waals surface area contributed by atoms with E-state index in [2.05, 4.69) is 10.2 Å². The molecule has 2 aliphatic rings. The molecule has 3 aromatic carbocycles. The van der Waals surface area contributed by atoms with Gasteiger partial charge in [-0.3, -0.25) is 4.79 Å². The lowest BCUT2D eigenvalue weighted by Gasteiger charge is -2.16. The van der Waals surface area contributed by atoms with Crippen molar-refractivity contribution in [3.8, 4) is 5.75 Å². The predicted octanol–water partition coefficient (Wildman–Crippen LogP) is 5.59. The lowest BCUT2D eigenvalue weighted by molar-refractivity contribution is 0.102. The molecule has 31 heavy (non-hydrogen) atoms. The molecule has 0 radical (unpaired) electrons. The number of anilines is 1. The van der Waals surface area contributed by atoms with Crippen molar-refractivity contribution in [3.05, 3.63) is 72.3 Å². The van der Waals surface area contributed by atoms with Crippen LogP contribution in [-0.2, 0) is 0 Å². The fourth-order valence-electron chi connectivity index (χ4n) is 5.16. The van der Waals surface area contributed by atoms with E-state index >= 15 is 0 Å². The summed E-state index contributed by atoms with van der Waals surface area (Å²) in [5.41, 5.74) is 1.43. The van der Waals surface area contributed by atoms with Gasteiger partial charge in [-0.15, -0.1) is 0 Å². The van der Waals surface area contributed by atoms with Crippen LogP contribution in [0.1, 0.15) is 36.0 Å². The van der Waals surface area contributed by atoms with E-state index in [1.54, 1.807) is 0 Å². The van der Waals surface area contributed by atoms with Gasteiger partial charge in [0.1, 0.15) is 5.75 Å². The zero-order valence-corrected chi connectivity index (χ0v) is 17.9. The molecule has 1 saturated heterocycles. The van der Waals surface area contributed by atoms with Crippen LogP contribution in [-0.4, -0.2) is 37.0 Å². The molecule has 2 unspecified atom stereocenters. The molecule has 0 spiro atoms. The van der Waals surface area contributed by atoms with Gasteiger partial charge < -0.3 is 15.0 Å². The van der Waals surface area contributed by atoms with Crippen LogP contribution in [0.4, 0.5) is 5.69 Å². The molecule has 1 saturated carbocycles. The van der Waals surface area contributed by atoms with Crippen LogP contribution in [0.25, 0.3) is 10.8 Å². The molecule has 4 heteroatoms. The van der Waals surface area contributed by atoms with E-state index in [-0.39, 0.29) is 5.91 Å². The Morgan fingerprint density at radius 3 is 2.45 bits per heavy atom. The molecule has 2 atom stereocenters. The van der Waals surface area contributed by atoms with Crippen LogP contribution in [0.2, 0.25) is 0 Å². The van der Waals surface area contributed by atoms with Crippen LogP contribution in [0, 0.1) is 11.8 Å². The largest absolute Gasteiger partial charge is 0.494 e. The molecule has 1 heterocycles. The van der Waals surface area contributed by atoms with Gasteiger partial charge in [-0.25, -0.2) is 0 Å². The second-order valence-corrected chi connectivity index (χ2v) is 8.95. The quantitative estimate of drug-likeness (QED) is 0.512. The van der Waals surface area contributed by atoms with Gasteiger partial charge in [0.2, 0.25) is 0 Å². The van der Waals surface area contributed by atoms with E-state index in [1.165, 1.54) is 32.4 Å². The summed E-state index contributed by atoms with van der Waals surface area (Å²) in [7, 11) is 0. The van der Waals surface area contributed by atoms with E-state index in [4.69, 9.17) is 4.74 Å². The first-order valence-electron chi connectivity index (χ1n) is 11.5. The van der Waals surface area contributed by atoms with Crippen molar-refractivity contribution >= 4 is 22.4 Å². The number of rotatable bonds is 7. The third-order valence-electron chi connectivity index (χ3n) is 6.81. The smallest absolute Gasteiger partial charge is 0.255 e. The first kappa shape index (κ1) is 20.1. The van der Waals surface area contributed by atoms with Gasteiger partial charge in [0.25, 0.3) is 5.91 Å². The molecule has 5 rings (SSSR count). The minimum Gasteiger partial charge on any atom is -0.494 e. The molecular formula is C27H30N2O2. The van der Waals surface area contributed by atoms with E-state index in [9.17, 15) is 4.79 Å². The summed E-state index contributed by atoms with van der Waals surface area (Å²) >= 11 is 0. The van der Waals surface area contributed by atoms with Crippen molar-refractivity contribution in [2.45, 2.75) is 25.7 Å². The molecule has 1 aliphatic heterocycles. The summed E-state index contributed by atoms with van der Waals surface area (Å²) in [5.74, 6) is 2.66. The normalized spacial score (nSPS) is 20.6. The average molecular weight is 415 g/mol. The van der Waals surface area contributed by atoms with Gasteiger partial charge in [0.15, 0.2) is 0 Å². The minimum absolute atomic E-state index is 0.102. The molecule has 0 bridgehead atoms. The summed E-state index contributed by atoms with van der Waals surface area (Å²) in [6.07, 6.45) is 5.35. The molecule has 2 fully saturated rings. The molecule has 4 nitrogen and oxygen atoms in total. The summed E-state index contributed by atoms with van der Waals surface area (Å²) in [5, 5.41) is 5.17. The molecule has 0 aromatic heterocycles. The Labute approximate surface area is 184 Å². The van der Waals surface area contributed by atoms with Gasteiger partial charge in [0, 0.05) is 30.9 Å². The zero-order valence-electron chi connectivity index (χ0n) is 17.9. The highest BCUT2D eigenvalue weighted by atomic mass is 16.5. The van der Waals surface area contributed by atoms with Crippen molar-refractivity contribution in [2.24, 2.45) is 11.8 Å². The average Bonchev–Trinajstić information content (AvgIpc) is 3.39. The standard InChI is InChI=1S/C27H30N2O2/c30-27(22-10-9-20-5-1-2-6-21(20)17-22)28-25-11-13-26(14-12-25)31-16-4-15-29-18-23-7-3-8-24(23)19-29/h1-2,5-6,9-14,17,23-24H,3-4,7-8,15-16,18-19H2,(H,28,30). The van der Waals surface area contributed by atoms with Crippen LogP contribution in [0.3, 0.4) is 0 Å². The highest BCUT2D eigenvalue weighted by Crippen LogP contribution is 2.37. The maximum atomic E-state index is 12.6. The highest BCUT2D eigenvalue weighted by Gasteiger charge is 2.35. The fraction of sp³-hybridized carbons (Fsp3) is 0.370. The molecule has 1 amide bonds. The Morgan fingerprint density at radius 2 is 1.68 bits per heavy atom. The van der Waals surface area contributed by atoms with Crippen LogP contribution in [0.5, 0.6) is 5.75 Å². The number of hydrogen-bond donors (Lipinski definition) is 1. The summed E-state index contributed by atoms with van der Waals surface area (Å²) in [6, 6.07) is 21.5. The number of amides is 1. The van der Waals surface area contributed by atoms with Gasteiger partial charge in [-0.1, -0.05) is 36.8 Å². The number of ether oxygens (including phenoxy) is 1. The van der Waals surface area contributed by atoms with Gasteiger partial charge in [-0.05, 0) is 78.3 Å². The third kappa shape index (κ3) is 4.75. The molecular weight excluding hydrogens is 384 g/mol. The topological polar surface area (TPSA) is 41.6 Å². The number of benzene rings is 3. The highest BCUT2D eigenvalue weighted by molar-refractivity contribution is 6.06. The van der Waals surface area contributed by atoms with Crippen molar-refractivity contribution in [1.82, 2.24) is 4.90 Å². The Morgan fingerprint density at radius 1 is 0.935 bits per heavy atom. The first-order valence-corrected chi connectivity index (χ1v) is 11.5. The Balaban J connectivity index is 1.08. The number of nitrogens with zero attached hydrogens (tertiary/aromatic N) is 1. The predicted molar refractivity (Wildman–Crippen MR) is 126 cm³/mol. The molecule has 3 aromatic rings. The number of hydrogen-bond acceptors (Lipinski definition) is 3. The Kier molecular flexibility index (Phi) is 5.90. The maximum absolute atomic E-state index is 12.6. The molecule has 1 aliphatic carbocycles. The van der Waals surface area contributed by atoms with E-state index in [0.717, 1.165) is 53.6 Å². The van der Waals surface area contributed by atoms with E-state index in [0.29, 0.717) is 5.56 Å². The van der Waals surface area contributed by atoms with E-state index in [1.807, 2.05) is 66.7 Å². The third-order valence-corrected chi connectivity index (χ3v) is 6.81. The number of nitrogens with one attached hydrogen (secondary N) is 1. The monoisotopic (exact) mass is 414 g/mol. The number of carbonyl (C=O) groups is 1.